The van der Waals surface area contributed by atoms with E-state index in [1.54, 1.807) is 0 Å². The van der Waals surface area contributed by atoms with Crippen molar-refractivity contribution in [2.24, 2.45) is 5.73 Å². The monoisotopic (exact) mass is 396 g/mol. The fourth-order valence-electron chi connectivity index (χ4n) is 3.66. The van der Waals surface area contributed by atoms with E-state index in [-0.39, 0.29) is 18.0 Å². The van der Waals surface area contributed by atoms with Gasteiger partial charge in [-0.1, -0.05) is 24.3 Å². The first-order valence-electron chi connectivity index (χ1n) is 8.97. The van der Waals surface area contributed by atoms with E-state index in [0.717, 1.165) is 21.6 Å². The highest BCUT2D eigenvalue weighted by Crippen LogP contribution is 2.26. The number of hydrogen-bond acceptors (Lipinski definition) is 5. The zero-order valence-corrected chi connectivity index (χ0v) is 16.5. The van der Waals surface area contributed by atoms with E-state index >= 15 is 0 Å². The summed E-state index contributed by atoms with van der Waals surface area (Å²) in [5, 5.41) is 0.549. The first-order valence-corrected chi connectivity index (χ1v) is 9.79. The second-order valence-corrected chi connectivity index (χ2v) is 8.26. The quantitative estimate of drug-likeness (QED) is 0.726. The van der Waals surface area contributed by atoms with E-state index in [1.165, 1.54) is 27.1 Å². The number of benzene rings is 1. The van der Waals surface area contributed by atoms with Gasteiger partial charge in [0, 0.05) is 17.8 Å². The first kappa shape index (κ1) is 18.4. The van der Waals surface area contributed by atoms with Crippen LogP contribution in [0.5, 0.6) is 0 Å². The van der Waals surface area contributed by atoms with Gasteiger partial charge < -0.3 is 10.6 Å². The van der Waals surface area contributed by atoms with Crippen molar-refractivity contribution in [3.05, 3.63) is 62.5 Å². The van der Waals surface area contributed by atoms with Crippen LogP contribution in [-0.2, 0) is 29.1 Å². The number of rotatable bonds is 3. The molecule has 1 aliphatic heterocycles. The maximum absolute atomic E-state index is 13.0. The van der Waals surface area contributed by atoms with Gasteiger partial charge in [0.1, 0.15) is 17.4 Å². The summed E-state index contributed by atoms with van der Waals surface area (Å²) in [6.45, 7) is 3.94. The van der Waals surface area contributed by atoms with E-state index in [4.69, 9.17) is 5.73 Å². The lowest BCUT2D eigenvalue weighted by molar-refractivity contribution is -0.141. The maximum atomic E-state index is 13.0. The molecule has 1 unspecified atom stereocenters. The van der Waals surface area contributed by atoms with Crippen LogP contribution >= 0.6 is 11.3 Å². The number of fused-ring (bicyclic) bond motifs is 2. The predicted octanol–water partition coefficient (Wildman–Crippen LogP) is 1.51. The Morgan fingerprint density at radius 1 is 1.25 bits per heavy atom. The second kappa shape index (κ2) is 6.87. The van der Waals surface area contributed by atoms with Crippen LogP contribution in [0.25, 0.3) is 10.2 Å². The van der Waals surface area contributed by atoms with Gasteiger partial charge in [0.2, 0.25) is 11.8 Å². The van der Waals surface area contributed by atoms with Crippen LogP contribution in [-0.4, -0.2) is 32.3 Å². The average molecular weight is 396 g/mol. The fourth-order valence-corrected chi connectivity index (χ4v) is 4.65. The standard InChI is InChI=1S/C20H20N4O3S/c1-11-12(2)28-19-17(11)20(27)23(10-22-19)9-16(25)24-8-14-6-4-3-5-13(14)7-15(24)18(21)26/h3-6,10,15H,7-9H2,1-2H3,(H2,21,26). The Morgan fingerprint density at radius 3 is 2.68 bits per heavy atom. The van der Waals surface area contributed by atoms with Crippen LogP contribution in [0.2, 0.25) is 0 Å². The average Bonchev–Trinajstić information content (AvgIpc) is 2.97. The number of nitrogens with zero attached hydrogens (tertiary/aromatic N) is 3. The van der Waals surface area contributed by atoms with Gasteiger partial charge in [0.25, 0.3) is 5.56 Å². The van der Waals surface area contributed by atoms with Crippen LogP contribution in [0.4, 0.5) is 0 Å². The van der Waals surface area contributed by atoms with Gasteiger partial charge in [-0.05, 0) is 30.5 Å². The zero-order chi connectivity index (χ0) is 20.0. The third-order valence-electron chi connectivity index (χ3n) is 5.36. The molecule has 0 saturated carbocycles. The third kappa shape index (κ3) is 2.99. The molecule has 2 N–H and O–H groups in total. The molecule has 0 bridgehead atoms. The van der Waals surface area contributed by atoms with Crippen molar-refractivity contribution in [2.75, 3.05) is 0 Å². The Morgan fingerprint density at radius 2 is 1.96 bits per heavy atom. The molecule has 8 heteroatoms. The Hall–Kier alpha value is -3.00. The summed E-state index contributed by atoms with van der Waals surface area (Å²) < 4.78 is 1.31. The van der Waals surface area contributed by atoms with Crippen molar-refractivity contribution >= 4 is 33.4 Å². The largest absolute Gasteiger partial charge is 0.368 e. The van der Waals surface area contributed by atoms with Gasteiger partial charge >= 0.3 is 0 Å². The molecular formula is C20H20N4O3S. The van der Waals surface area contributed by atoms with E-state index < -0.39 is 11.9 Å². The normalized spacial score (nSPS) is 16.2. The number of hydrogen-bond donors (Lipinski definition) is 1. The Balaban J connectivity index is 1.67. The Labute approximate surface area is 165 Å². The van der Waals surface area contributed by atoms with Crippen molar-refractivity contribution in [1.82, 2.24) is 14.5 Å². The van der Waals surface area contributed by atoms with Gasteiger partial charge in [-0.25, -0.2) is 4.98 Å². The minimum Gasteiger partial charge on any atom is -0.368 e. The van der Waals surface area contributed by atoms with Crippen LogP contribution in [0, 0.1) is 13.8 Å². The first-order chi connectivity index (χ1) is 13.4. The van der Waals surface area contributed by atoms with E-state index in [1.807, 2.05) is 38.1 Å². The summed E-state index contributed by atoms with van der Waals surface area (Å²) >= 11 is 1.46. The lowest BCUT2D eigenvalue weighted by atomic mass is 9.93. The fraction of sp³-hybridized carbons (Fsp3) is 0.300. The molecular weight excluding hydrogens is 376 g/mol. The molecule has 2 amide bonds. The summed E-state index contributed by atoms with van der Waals surface area (Å²) in [6, 6.07) is 6.96. The van der Waals surface area contributed by atoms with Gasteiger partial charge in [-0.2, -0.15) is 0 Å². The molecule has 1 atom stereocenters. The van der Waals surface area contributed by atoms with Crippen LogP contribution < -0.4 is 11.3 Å². The summed E-state index contributed by atoms with van der Waals surface area (Å²) in [4.78, 5) is 45.3. The number of primary amides is 1. The molecule has 1 aromatic carbocycles. The smallest absolute Gasteiger partial charge is 0.262 e. The van der Waals surface area contributed by atoms with Crippen molar-refractivity contribution in [1.29, 1.82) is 0 Å². The third-order valence-corrected chi connectivity index (χ3v) is 6.47. The van der Waals surface area contributed by atoms with Crippen LogP contribution in [0.15, 0.2) is 35.4 Å². The topological polar surface area (TPSA) is 98.3 Å². The number of aryl methyl sites for hydroxylation is 2. The van der Waals surface area contributed by atoms with Crippen LogP contribution in [0.3, 0.4) is 0 Å². The number of thiophene rings is 1. The van der Waals surface area contributed by atoms with Crippen molar-refractivity contribution in [2.45, 2.75) is 39.4 Å². The van der Waals surface area contributed by atoms with E-state index in [0.29, 0.717) is 23.2 Å². The zero-order valence-electron chi connectivity index (χ0n) is 15.6. The molecule has 2 aromatic heterocycles. The van der Waals surface area contributed by atoms with Crippen molar-refractivity contribution in [3.63, 3.8) is 0 Å². The van der Waals surface area contributed by atoms with E-state index in [2.05, 4.69) is 4.98 Å². The maximum Gasteiger partial charge on any atom is 0.262 e. The number of carbonyl (C=O) groups is 2. The summed E-state index contributed by atoms with van der Waals surface area (Å²) in [5.41, 5.74) is 8.21. The molecule has 0 saturated heterocycles. The molecule has 7 nitrogen and oxygen atoms in total. The van der Waals surface area contributed by atoms with Crippen molar-refractivity contribution < 1.29 is 9.59 Å². The number of aromatic nitrogens is 2. The molecule has 3 aromatic rings. The number of carbonyl (C=O) groups excluding carboxylic acids is 2. The highest BCUT2D eigenvalue weighted by molar-refractivity contribution is 7.18. The molecule has 0 spiro atoms. The number of nitrogens with two attached hydrogens (primary N) is 1. The SMILES string of the molecule is Cc1sc2ncn(CC(=O)N3Cc4ccccc4CC3C(N)=O)c(=O)c2c1C. The summed E-state index contributed by atoms with van der Waals surface area (Å²) in [6.07, 6.45) is 1.78. The molecule has 0 fully saturated rings. The lowest BCUT2D eigenvalue weighted by Crippen LogP contribution is -2.52. The predicted molar refractivity (Wildman–Crippen MR) is 107 cm³/mol. The number of amides is 2. The molecule has 28 heavy (non-hydrogen) atoms. The molecule has 0 aliphatic carbocycles. The van der Waals surface area contributed by atoms with Gasteiger partial charge in [0.15, 0.2) is 0 Å². The lowest BCUT2D eigenvalue weighted by Gasteiger charge is -2.35. The van der Waals surface area contributed by atoms with Gasteiger partial charge in [-0.3, -0.25) is 19.0 Å². The molecule has 144 valence electrons. The van der Waals surface area contributed by atoms with Gasteiger partial charge in [-0.15, -0.1) is 11.3 Å². The molecule has 4 rings (SSSR count). The minimum atomic E-state index is -0.722. The highest BCUT2D eigenvalue weighted by atomic mass is 32.1. The Bertz CT molecular complexity index is 1160. The van der Waals surface area contributed by atoms with Gasteiger partial charge in [0.05, 0.1) is 11.7 Å². The second-order valence-electron chi connectivity index (χ2n) is 7.05. The van der Waals surface area contributed by atoms with Crippen molar-refractivity contribution in [3.8, 4) is 0 Å². The summed E-state index contributed by atoms with van der Waals surface area (Å²) in [5.74, 6) is -0.876. The molecule has 0 radical (unpaired) electrons. The minimum absolute atomic E-state index is 0.179. The molecule has 1 aliphatic rings. The molecule has 3 heterocycles. The van der Waals surface area contributed by atoms with Crippen LogP contribution in [0.1, 0.15) is 21.6 Å². The summed E-state index contributed by atoms with van der Waals surface area (Å²) in [7, 11) is 0. The van der Waals surface area contributed by atoms with E-state index in [9.17, 15) is 14.4 Å². The highest BCUT2D eigenvalue weighted by Gasteiger charge is 2.33. The Kier molecular flexibility index (Phi) is 4.50.